The van der Waals surface area contributed by atoms with Gasteiger partial charge in [-0.25, -0.2) is 5.06 Å². The summed E-state index contributed by atoms with van der Waals surface area (Å²) < 4.78 is 0. The number of carboxylic acids is 1. The van der Waals surface area contributed by atoms with Gasteiger partial charge in [0.2, 0.25) is 5.91 Å². The molecular weight excluding hydrogens is 174 g/mol. The predicted molar refractivity (Wildman–Crippen MR) is 43.6 cm³/mol. The summed E-state index contributed by atoms with van der Waals surface area (Å²) in [5.74, 6) is -1.63. The average molecular weight is 187 g/mol. The zero-order chi connectivity index (χ0) is 10.2. The van der Waals surface area contributed by atoms with Crippen molar-refractivity contribution in [3.63, 3.8) is 0 Å². The van der Waals surface area contributed by atoms with Crippen LogP contribution in [0.2, 0.25) is 0 Å². The number of carbonyl (C=O) groups excluding carboxylic acids is 1. The van der Waals surface area contributed by atoms with Crippen LogP contribution < -0.4 is 0 Å². The lowest BCUT2D eigenvalue weighted by molar-refractivity contribution is -0.172. The Morgan fingerprint density at radius 2 is 2.15 bits per heavy atom. The van der Waals surface area contributed by atoms with Gasteiger partial charge in [-0.05, 0) is 13.3 Å². The van der Waals surface area contributed by atoms with E-state index in [2.05, 4.69) is 4.84 Å². The third-order valence-corrected chi connectivity index (χ3v) is 2.61. The molecule has 0 aromatic heterocycles. The molecule has 2 atom stereocenters. The van der Waals surface area contributed by atoms with Crippen LogP contribution in [0.5, 0.6) is 0 Å². The summed E-state index contributed by atoms with van der Waals surface area (Å²) in [6.45, 7) is 1.57. The van der Waals surface area contributed by atoms with Crippen molar-refractivity contribution < 1.29 is 19.5 Å². The van der Waals surface area contributed by atoms with E-state index in [4.69, 9.17) is 5.11 Å². The van der Waals surface area contributed by atoms with Crippen molar-refractivity contribution in [1.29, 1.82) is 0 Å². The molecule has 1 N–H and O–H groups in total. The molecule has 1 amide bonds. The second-order valence-electron chi connectivity index (χ2n) is 3.50. The molecule has 0 radical (unpaired) electrons. The zero-order valence-electron chi connectivity index (χ0n) is 7.90. The summed E-state index contributed by atoms with van der Waals surface area (Å²) in [6, 6.07) is 0. The quantitative estimate of drug-likeness (QED) is 0.637. The first-order chi connectivity index (χ1) is 5.93. The fourth-order valence-electron chi connectivity index (χ4n) is 1.27. The van der Waals surface area contributed by atoms with E-state index in [9.17, 15) is 9.59 Å². The fraction of sp³-hybridized carbons (Fsp3) is 0.750. The predicted octanol–water partition coefficient (Wildman–Crippen LogP) is 0.117. The van der Waals surface area contributed by atoms with Gasteiger partial charge >= 0.3 is 5.97 Å². The fourth-order valence-corrected chi connectivity index (χ4v) is 1.27. The Labute approximate surface area is 76.2 Å². The van der Waals surface area contributed by atoms with Gasteiger partial charge in [0.15, 0.2) is 0 Å². The molecule has 0 heterocycles. The van der Waals surface area contributed by atoms with Crippen LogP contribution in [-0.2, 0) is 14.4 Å². The van der Waals surface area contributed by atoms with Crippen LogP contribution in [-0.4, -0.2) is 36.2 Å². The molecule has 1 saturated carbocycles. The summed E-state index contributed by atoms with van der Waals surface area (Å²) in [4.78, 5) is 26.8. The molecular formula is C8H13NO4. The third-order valence-electron chi connectivity index (χ3n) is 2.61. The van der Waals surface area contributed by atoms with Crippen LogP contribution in [0.1, 0.15) is 13.3 Å². The molecule has 0 spiro atoms. The molecule has 1 fully saturated rings. The highest BCUT2D eigenvalue weighted by Crippen LogP contribution is 2.53. The SMILES string of the molecule is CON(C)C(=O)[C@@H]1C[C@@]1(C)C(=O)O. The number of carbonyl (C=O) groups is 2. The van der Waals surface area contributed by atoms with Crippen LogP contribution in [0.25, 0.3) is 0 Å². The van der Waals surface area contributed by atoms with E-state index in [1.54, 1.807) is 6.92 Å². The lowest BCUT2D eigenvalue weighted by Crippen LogP contribution is -2.30. The van der Waals surface area contributed by atoms with Crippen molar-refractivity contribution in [3.8, 4) is 0 Å². The van der Waals surface area contributed by atoms with Crippen molar-refractivity contribution in [3.05, 3.63) is 0 Å². The van der Waals surface area contributed by atoms with Gasteiger partial charge in [0, 0.05) is 7.05 Å². The molecule has 5 heteroatoms. The Kier molecular flexibility index (Phi) is 2.30. The number of hydroxylamine groups is 2. The molecule has 0 aromatic rings. The maximum absolute atomic E-state index is 11.4. The van der Waals surface area contributed by atoms with E-state index >= 15 is 0 Å². The minimum Gasteiger partial charge on any atom is -0.481 e. The van der Waals surface area contributed by atoms with Crippen molar-refractivity contribution in [2.75, 3.05) is 14.2 Å². The smallest absolute Gasteiger partial charge is 0.310 e. The van der Waals surface area contributed by atoms with E-state index in [0.717, 1.165) is 5.06 Å². The van der Waals surface area contributed by atoms with Crippen molar-refractivity contribution in [2.45, 2.75) is 13.3 Å². The van der Waals surface area contributed by atoms with Crippen LogP contribution in [0, 0.1) is 11.3 Å². The first-order valence-corrected chi connectivity index (χ1v) is 3.98. The Balaban J connectivity index is 2.60. The molecule has 0 aromatic carbocycles. The Morgan fingerprint density at radius 1 is 1.62 bits per heavy atom. The minimum absolute atomic E-state index is 0.271. The van der Waals surface area contributed by atoms with E-state index in [-0.39, 0.29) is 5.91 Å². The number of carboxylic acid groups (broad SMARTS) is 1. The average Bonchev–Trinajstić information content (AvgIpc) is 2.77. The highest BCUT2D eigenvalue weighted by Gasteiger charge is 2.61. The number of rotatable bonds is 3. The van der Waals surface area contributed by atoms with Crippen LogP contribution >= 0.6 is 0 Å². The van der Waals surface area contributed by atoms with Crippen molar-refractivity contribution in [2.24, 2.45) is 11.3 Å². The van der Waals surface area contributed by atoms with Gasteiger partial charge in [-0.15, -0.1) is 0 Å². The van der Waals surface area contributed by atoms with E-state index in [1.165, 1.54) is 14.2 Å². The number of hydrogen-bond donors (Lipinski definition) is 1. The van der Waals surface area contributed by atoms with E-state index in [0.29, 0.717) is 6.42 Å². The van der Waals surface area contributed by atoms with Gasteiger partial charge in [0.25, 0.3) is 0 Å². The van der Waals surface area contributed by atoms with E-state index in [1.807, 2.05) is 0 Å². The maximum atomic E-state index is 11.4. The summed E-state index contributed by atoms with van der Waals surface area (Å²) in [5, 5.41) is 9.84. The van der Waals surface area contributed by atoms with Crippen LogP contribution in [0.3, 0.4) is 0 Å². The largest absolute Gasteiger partial charge is 0.481 e. The van der Waals surface area contributed by atoms with Crippen LogP contribution in [0.15, 0.2) is 0 Å². The van der Waals surface area contributed by atoms with Gasteiger partial charge in [0.05, 0.1) is 18.4 Å². The van der Waals surface area contributed by atoms with Gasteiger partial charge < -0.3 is 5.11 Å². The number of aliphatic carboxylic acids is 1. The molecule has 0 aliphatic heterocycles. The minimum atomic E-state index is -0.921. The molecule has 13 heavy (non-hydrogen) atoms. The first kappa shape index (κ1) is 9.98. The summed E-state index contributed by atoms with van der Waals surface area (Å²) >= 11 is 0. The highest BCUT2D eigenvalue weighted by atomic mass is 16.7. The normalized spacial score (nSPS) is 31.2. The van der Waals surface area contributed by atoms with Crippen molar-refractivity contribution >= 4 is 11.9 Å². The third kappa shape index (κ3) is 1.51. The Hall–Kier alpha value is -1.10. The zero-order valence-corrected chi connectivity index (χ0v) is 7.90. The topological polar surface area (TPSA) is 66.8 Å². The number of amides is 1. The Bertz CT molecular complexity index is 253. The number of nitrogens with zero attached hydrogens (tertiary/aromatic N) is 1. The molecule has 5 nitrogen and oxygen atoms in total. The van der Waals surface area contributed by atoms with Gasteiger partial charge in [-0.2, -0.15) is 0 Å². The summed E-state index contributed by atoms with van der Waals surface area (Å²) in [6.07, 6.45) is 0.398. The molecule has 1 rings (SSSR count). The Morgan fingerprint density at radius 3 is 2.46 bits per heavy atom. The lowest BCUT2D eigenvalue weighted by atomic mass is 10.1. The highest BCUT2D eigenvalue weighted by molar-refractivity contribution is 5.91. The second kappa shape index (κ2) is 2.99. The molecule has 0 saturated heterocycles. The molecule has 0 unspecified atom stereocenters. The lowest BCUT2D eigenvalue weighted by Gasteiger charge is -2.14. The van der Waals surface area contributed by atoms with Gasteiger partial charge in [-0.3, -0.25) is 14.4 Å². The van der Waals surface area contributed by atoms with Gasteiger partial charge in [0.1, 0.15) is 0 Å². The first-order valence-electron chi connectivity index (χ1n) is 3.98. The van der Waals surface area contributed by atoms with E-state index < -0.39 is 17.3 Å². The maximum Gasteiger partial charge on any atom is 0.310 e. The van der Waals surface area contributed by atoms with Crippen molar-refractivity contribution in [1.82, 2.24) is 5.06 Å². The molecule has 1 aliphatic carbocycles. The standard InChI is InChI=1S/C8H13NO4/c1-8(7(11)12)4-5(8)6(10)9(2)13-3/h5H,4H2,1-3H3,(H,11,12)/t5-,8+/m0/s1. The summed E-state index contributed by atoms with van der Waals surface area (Å²) in [7, 11) is 2.85. The summed E-state index contributed by atoms with van der Waals surface area (Å²) in [5.41, 5.74) is -0.885. The monoisotopic (exact) mass is 187 g/mol. The molecule has 1 aliphatic rings. The molecule has 74 valence electrons. The van der Waals surface area contributed by atoms with Crippen LogP contribution in [0.4, 0.5) is 0 Å². The second-order valence-corrected chi connectivity index (χ2v) is 3.50. The molecule has 0 bridgehead atoms. The van der Waals surface area contributed by atoms with Gasteiger partial charge in [-0.1, -0.05) is 0 Å². The number of hydrogen-bond acceptors (Lipinski definition) is 3.